The Hall–Kier alpha value is -1.84. The molecular formula is C16H23NO3. The summed E-state index contributed by atoms with van der Waals surface area (Å²) in [6.07, 6.45) is 0.383. The monoisotopic (exact) mass is 277 g/mol. The molecule has 0 radical (unpaired) electrons. The summed E-state index contributed by atoms with van der Waals surface area (Å²) in [7, 11) is 0. The van der Waals surface area contributed by atoms with Gasteiger partial charge in [-0.25, -0.2) is 0 Å². The predicted octanol–water partition coefficient (Wildman–Crippen LogP) is 2.65. The van der Waals surface area contributed by atoms with E-state index in [2.05, 4.69) is 19.2 Å². The van der Waals surface area contributed by atoms with Crippen LogP contribution < -0.4 is 5.32 Å². The fourth-order valence-electron chi connectivity index (χ4n) is 2.06. The van der Waals surface area contributed by atoms with Crippen molar-refractivity contribution in [2.45, 2.75) is 33.1 Å². The number of rotatable bonds is 7. The van der Waals surface area contributed by atoms with E-state index >= 15 is 0 Å². The minimum atomic E-state index is -0.895. The first kappa shape index (κ1) is 16.2. The summed E-state index contributed by atoms with van der Waals surface area (Å²) in [4.78, 5) is 22.7. The molecule has 0 unspecified atom stereocenters. The van der Waals surface area contributed by atoms with Crippen LogP contribution in [0.15, 0.2) is 30.3 Å². The van der Waals surface area contributed by atoms with Crippen LogP contribution in [0.2, 0.25) is 0 Å². The molecule has 1 rings (SSSR count). The summed E-state index contributed by atoms with van der Waals surface area (Å²) in [5.41, 5.74) is 1.14. The van der Waals surface area contributed by atoms with Gasteiger partial charge >= 0.3 is 5.97 Å². The van der Waals surface area contributed by atoms with Gasteiger partial charge in [-0.3, -0.25) is 9.59 Å². The van der Waals surface area contributed by atoms with E-state index in [9.17, 15) is 9.59 Å². The van der Waals surface area contributed by atoms with Crippen LogP contribution in [0.1, 0.15) is 38.7 Å². The number of amides is 1. The van der Waals surface area contributed by atoms with Crippen LogP contribution in [0.25, 0.3) is 0 Å². The summed E-state index contributed by atoms with van der Waals surface area (Å²) in [6, 6.07) is 9.94. The predicted molar refractivity (Wildman–Crippen MR) is 78.4 cm³/mol. The molecule has 0 saturated heterocycles. The number of carbonyl (C=O) groups excluding carboxylic acids is 1. The molecule has 0 aromatic heterocycles. The van der Waals surface area contributed by atoms with E-state index < -0.39 is 11.9 Å². The molecule has 20 heavy (non-hydrogen) atoms. The number of hydrogen-bond donors (Lipinski definition) is 2. The normalized spacial score (nSPS) is 13.8. The molecule has 4 nitrogen and oxygen atoms in total. The molecule has 0 aliphatic carbocycles. The largest absolute Gasteiger partial charge is 0.481 e. The molecule has 0 spiro atoms. The highest BCUT2D eigenvalue weighted by molar-refractivity contribution is 5.78. The zero-order valence-electron chi connectivity index (χ0n) is 12.3. The Morgan fingerprint density at radius 1 is 1.15 bits per heavy atom. The van der Waals surface area contributed by atoms with Crippen molar-refractivity contribution in [2.24, 2.45) is 11.8 Å². The van der Waals surface area contributed by atoms with Gasteiger partial charge in [-0.05, 0) is 17.4 Å². The zero-order valence-corrected chi connectivity index (χ0v) is 12.3. The van der Waals surface area contributed by atoms with Crippen LogP contribution in [0.4, 0.5) is 0 Å². The second kappa shape index (κ2) is 7.68. The van der Waals surface area contributed by atoms with Crippen molar-refractivity contribution in [3.8, 4) is 0 Å². The quantitative estimate of drug-likeness (QED) is 0.805. The Balaban J connectivity index is 2.59. The van der Waals surface area contributed by atoms with E-state index in [1.807, 2.05) is 30.3 Å². The first-order valence-corrected chi connectivity index (χ1v) is 6.96. The second-order valence-corrected chi connectivity index (χ2v) is 5.51. The highest BCUT2D eigenvalue weighted by atomic mass is 16.4. The zero-order chi connectivity index (χ0) is 15.1. The summed E-state index contributed by atoms with van der Waals surface area (Å²) < 4.78 is 0. The molecule has 0 bridgehead atoms. The van der Waals surface area contributed by atoms with Gasteiger partial charge in [0.15, 0.2) is 0 Å². The first-order chi connectivity index (χ1) is 9.41. The number of nitrogens with one attached hydrogen (secondary N) is 1. The Morgan fingerprint density at radius 3 is 2.25 bits per heavy atom. The van der Waals surface area contributed by atoms with Gasteiger partial charge in [-0.2, -0.15) is 0 Å². The molecule has 2 N–H and O–H groups in total. The lowest BCUT2D eigenvalue weighted by Crippen LogP contribution is -2.32. The van der Waals surface area contributed by atoms with E-state index in [0.717, 1.165) is 5.56 Å². The molecule has 1 aromatic carbocycles. The molecule has 1 amide bonds. The second-order valence-electron chi connectivity index (χ2n) is 5.51. The maximum atomic E-state index is 12.0. The number of aliphatic carboxylic acids is 1. The molecule has 0 saturated carbocycles. The molecule has 4 heteroatoms. The number of carboxylic acids is 1. The SMILES string of the molecule is CC(C)[C@H](CC(=O)NC[C@@H](C)C(=O)O)c1ccccc1. The Kier molecular flexibility index (Phi) is 6.22. The number of carboxylic acid groups (broad SMARTS) is 1. The summed E-state index contributed by atoms with van der Waals surface area (Å²) in [5, 5.41) is 11.5. The lowest BCUT2D eigenvalue weighted by molar-refractivity contribution is -0.141. The molecule has 0 aliphatic heterocycles. The van der Waals surface area contributed by atoms with Crippen LogP contribution in [-0.4, -0.2) is 23.5 Å². The van der Waals surface area contributed by atoms with Crippen molar-refractivity contribution in [1.82, 2.24) is 5.32 Å². The van der Waals surface area contributed by atoms with Crippen LogP contribution in [-0.2, 0) is 9.59 Å². The minimum Gasteiger partial charge on any atom is -0.481 e. The smallest absolute Gasteiger partial charge is 0.308 e. The lowest BCUT2D eigenvalue weighted by Gasteiger charge is -2.21. The highest BCUT2D eigenvalue weighted by Gasteiger charge is 2.20. The van der Waals surface area contributed by atoms with Crippen molar-refractivity contribution in [2.75, 3.05) is 6.54 Å². The molecule has 1 aromatic rings. The van der Waals surface area contributed by atoms with Gasteiger partial charge in [-0.1, -0.05) is 51.1 Å². The number of benzene rings is 1. The molecule has 0 aliphatic rings. The third kappa shape index (κ3) is 5.03. The fourth-order valence-corrected chi connectivity index (χ4v) is 2.06. The maximum absolute atomic E-state index is 12.0. The standard InChI is InChI=1S/C16H23NO3/c1-11(2)14(13-7-5-4-6-8-13)9-15(18)17-10-12(3)16(19)20/h4-8,11-12,14H,9-10H2,1-3H3,(H,17,18)(H,19,20)/t12-,14+/m1/s1. The van der Waals surface area contributed by atoms with Gasteiger partial charge in [-0.15, -0.1) is 0 Å². The molecule has 110 valence electrons. The minimum absolute atomic E-state index is 0.0966. The van der Waals surface area contributed by atoms with Crippen LogP contribution in [0, 0.1) is 11.8 Å². The van der Waals surface area contributed by atoms with Crippen LogP contribution >= 0.6 is 0 Å². The highest BCUT2D eigenvalue weighted by Crippen LogP contribution is 2.27. The topological polar surface area (TPSA) is 66.4 Å². The van der Waals surface area contributed by atoms with Gasteiger partial charge in [0.2, 0.25) is 5.91 Å². The fraction of sp³-hybridized carbons (Fsp3) is 0.500. The first-order valence-electron chi connectivity index (χ1n) is 6.96. The van der Waals surface area contributed by atoms with Crippen molar-refractivity contribution in [3.63, 3.8) is 0 Å². The third-order valence-corrected chi connectivity index (χ3v) is 3.46. The van der Waals surface area contributed by atoms with Crippen LogP contribution in [0.3, 0.4) is 0 Å². The molecular weight excluding hydrogens is 254 g/mol. The third-order valence-electron chi connectivity index (χ3n) is 3.46. The molecule has 0 fully saturated rings. The van der Waals surface area contributed by atoms with Crippen LogP contribution in [0.5, 0.6) is 0 Å². The van der Waals surface area contributed by atoms with Gasteiger partial charge in [0, 0.05) is 13.0 Å². The molecule has 0 heterocycles. The van der Waals surface area contributed by atoms with Gasteiger partial charge in [0.25, 0.3) is 0 Å². The van der Waals surface area contributed by atoms with Gasteiger partial charge in [0.05, 0.1) is 5.92 Å². The van der Waals surface area contributed by atoms with Gasteiger partial charge < -0.3 is 10.4 Å². The van der Waals surface area contributed by atoms with Crippen molar-refractivity contribution >= 4 is 11.9 Å². The van der Waals surface area contributed by atoms with E-state index in [1.54, 1.807) is 6.92 Å². The van der Waals surface area contributed by atoms with Gasteiger partial charge in [0.1, 0.15) is 0 Å². The van der Waals surface area contributed by atoms with Crippen molar-refractivity contribution in [3.05, 3.63) is 35.9 Å². The average molecular weight is 277 g/mol. The van der Waals surface area contributed by atoms with E-state index in [0.29, 0.717) is 12.3 Å². The number of hydrogen-bond acceptors (Lipinski definition) is 2. The summed E-state index contributed by atoms with van der Waals surface area (Å²) >= 11 is 0. The lowest BCUT2D eigenvalue weighted by atomic mass is 9.85. The summed E-state index contributed by atoms with van der Waals surface area (Å²) in [5.74, 6) is -1.06. The Morgan fingerprint density at radius 2 is 1.75 bits per heavy atom. The number of carbonyl (C=O) groups is 2. The molecule has 2 atom stereocenters. The van der Waals surface area contributed by atoms with E-state index in [1.165, 1.54) is 0 Å². The average Bonchev–Trinajstić information content (AvgIpc) is 2.42. The van der Waals surface area contributed by atoms with Crippen molar-refractivity contribution < 1.29 is 14.7 Å². The maximum Gasteiger partial charge on any atom is 0.308 e. The van der Waals surface area contributed by atoms with Crippen molar-refractivity contribution in [1.29, 1.82) is 0 Å². The Labute approximate surface area is 120 Å². The Bertz CT molecular complexity index is 442. The van der Waals surface area contributed by atoms with E-state index in [4.69, 9.17) is 5.11 Å². The van der Waals surface area contributed by atoms with E-state index in [-0.39, 0.29) is 18.4 Å². The summed E-state index contributed by atoms with van der Waals surface area (Å²) in [6.45, 7) is 5.93.